The number of hydrogen-bond acceptors (Lipinski definition) is 5. The van der Waals surface area contributed by atoms with E-state index in [0.29, 0.717) is 12.4 Å². The second kappa shape index (κ2) is 4.99. The van der Waals surface area contributed by atoms with Gasteiger partial charge in [0.05, 0.1) is 0 Å². The molecule has 3 rings (SSSR count). The summed E-state index contributed by atoms with van der Waals surface area (Å²) < 4.78 is 0.576. The van der Waals surface area contributed by atoms with Crippen LogP contribution in [0.25, 0.3) is 5.95 Å². The monoisotopic (exact) mass is 312 g/mol. The fourth-order valence-electron chi connectivity index (χ4n) is 1.76. The van der Waals surface area contributed by atoms with Crippen LogP contribution in [0.3, 0.4) is 0 Å². The summed E-state index contributed by atoms with van der Waals surface area (Å²) in [4.78, 5) is 23.9. The van der Waals surface area contributed by atoms with Crippen molar-refractivity contribution in [3.05, 3.63) is 24.8 Å². The summed E-state index contributed by atoms with van der Waals surface area (Å²) >= 11 is 11.8. The smallest absolute Gasteiger partial charge is 0.253 e. The van der Waals surface area contributed by atoms with Crippen molar-refractivity contribution in [2.75, 3.05) is 5.32 Å². The average Bonchev–Trinajstić information content (AvgIpc) is 2.83. The molecule has 7 nitrogen and oxygen atoms in total. The molecule has 0 aliphatic heterocycles. The maximum absolute atomic E-state index is 11.9. The van der Waals surface area contributed by atoms with Crippen molar-refractivity contribution in [3.63, 3.8) is 0 Å². The SMILES string of the molecule is O=C(CC1CC1(Cl)Cl)Nc1ncnn1-c1ncccn1. The zero-order chi connectivity index (χ0) is 14.2. The van der Waals surface area contributed by atoms with Gasteiger partial charge in [-0.1, -0.05) is 0 Å². The molecule has 1 amide bonds. The summed E-state index contributed by atoms with van der Waals surface area (Å²) in [6, 6.07) is 1.69. The van der Waals surface area contributed by atoms with Crippen LogP contribution in [0.2, 0.25) is 0 Å². The Morgan fingerprint density at radius 2 is 2.10 bits per heavy atom. The number of aromatic nitrogens is 5. The van der Waals surface area contributed by atoms with Crippen molar-refractivity contribution in [2.24, 2.45) is 5.92 Å². The molecule has 1 atom stereocenters. The van der Waals surface area contributed by atoms with Crippen LogP contribution in [0.1, 0.15) is 12.8 Å². The molecule has 9 heteroatoms. The number of nitrogens with zero attached hydrogens (tertiary/aromatic N) is 5. The number of carbonyl (C=O) groups excluding carboxylic acids is 1. The predicted molar refractivity (Wildman–Crippen MR) is 72.7 cm³/mol. The van der Waals surface area contributed by atoms with E-state index in [9.17, 15) is 4.79 Å². The molecule has 2 aromatic rings. The van der Waals surface area contributed by atoms with Crippen molar-refractivity contribution in [3.8, 4) is 5.95 Å². The summed E-state index contributed by atoms with van der Waals surface area (Å²) in [5, 5.41) is 6.63. The molecule has 1 saturated carbocycles. The lowest BCUT2D eigenvalue weighted by Gasteiger charge is -2.05. The van der Waals surface area contributed by atoms with Gasteiger partial charge in [-0.2, -0.15) is 14.8 Å². The number of amides is 1. The van der Waals surface area contributed by atoms with Gasteiger partial charge in [-0.25, -0.2) is 9.97 Å². The molecule has 1 unspecified atom stereocenters. The normalized spacial score (nSPS) is 19.6. The number of hydrogen-bond donors (Lipinski definition) is 1. The van der Waals surface area contributed by atoms with Crippen LogP contribution in [-0.4, -0.2) is 35.0 Å². The molecule has 0 radical (unpaired) electrons. The van der Waals surface area contributed by atoms with E-state index in [1.165, 1.54) is 11.0 Å². The van der Waals surface area contributed by atoms with Gasteiger partial charge in [0.1, 0.15) is 10.7 Å². The van der Waals surface area contributed by atoms with E-state index in [2.05, 4.69) is 25.4 Å². The summed E-state index contributed by atoms with van der Waals surface area (Å²) in [6.45, 7) is 0. The largest absolute Gasteiger partial charge is 0.294 e. The summed E-state index contributed by atoms with van der Waals surface area (Å²) in [5.41, 5.74) is 0. The molecule has 1 aliphatic rings. The second-order valence-corrected chi connectivity index (χ2v) is 6.00. The first-order chi connectivity index (χ1) is 9.56. The highest BCUT2D eigenvalue weighted by molar-refractivity contribution is 6.51. The van der Waals surface area contributed by atoms with Gasteiger partial charge in [0, 0.05) is 24.7 Å². The molecule has 1 aliphatic carbocycles. The second-order valence-electron chi connectivity index (χ2n) is 4.46. The quantitative estimate of drug-likeness (QED) is 0.866. The van der Waals surface area contributed by atoms with E-state index < -0.39 is 4.33 Å². The lowest BCUT2D eigenvalue weighted by atomic mass is 10.3. The molecule has 0 saturated heterocycles. The number of carbonyl (C=O) groups is 1. The van der Waals surface area contributed by atoms with Crippen molar-refractivity contribution in [1.82, 2.24) is 24.7 Å². The molecule has 0 spiro atoms. The predicted octanol–water partition coefficient (Wildman–Crippen LogP) is 1.58. The van der Waals surface area contributed by atoms with Crippen LogP contribution >= 0.6 is 23.2 Å². The van der Waals surface area contributed by atoms with E-state index in [-0.39, 0.29) is 24.2 Å². The third kappa shape index (κ3) is 2.73. The minimum Gasteiger partial charge on any atom is -0.294 e. The van der Waals surface area contributed by atoms with E-state index >= 15 is 0 Å². The van der Waals surface area contributed by atoms with Gasteiger partial charge in [-0.3, -0.25) is 10.1 Å². The Morgan fingerprint density at radius 3 is 2.75 bits per heavy atom. The molecule has 1 N–H and O–H groups in total. The Labute approximate surface area is 124 Å². The van der Waals surface area contributed by atoms with Crippen molar-refractivity contribution >= 4 is 35.1 Å². The zero-order valence-corrected chi connectivity index (χ0v) is 11.7. The molecule has 0 bridgehead atoms. The molecule has 0 aromatic carbocycles. The summed E-state index contributed by atoms with van der Waals surface area (Å²) in [7, 11) is 0. The van der Waals surface area contributed by atoms with Crippen LogP contribution in [-0.2, 0) is 4.79 Å². The maximum Gasteiger partial charge on any atom is 0.253 e. The van der Waals surface area contributed by atoms with Gasteiger partial charge in [0.2, 0.25) is 11.9 Å². The highest BCUT2D eigenvalue weighted by Gasteiger charge is 2.52. The Morgan fingerprint density at radius 1 is 1.40 bits per heavy atom. The average molecular weight is 313 g/mol. The lowest BCUT2D eigenvalue weighted by molar-refractivity contribution is -0.116. The van der Waals surface area contributed by atoms with Crippen LogP contribution in [0.4, 0.5) is 5.95 Å². The zero-order valence-electron chi connectivity index (χ0n) is 10.2. The minimum absolute atomic E-state index is 0.0184. The first-order valence-electron chi connectivity index (χ1n) is 5.91. The van der Waals surface area contributed by atoms with Crippen LogP contribution in [0.15, 0.2) is 24.8 Å². The van der Waals surface area contributed by atoms with Gasteiger partial charge in [-0.05, 0) is 12.5 Å². The first kappa shape index (κ1) is 13.3. The minimum atomic E-state index is -0.770. The standard InChI is InChI=1S/C11H10Cl2N6O/c12-11(13)5-7(11)4-8(20)18-10-16-6-17-19(10)9-14-2-1-3-15-9/h1-3,6-7H,4-5H2,(H,16,17,18,20). The van der Waals surface area contributed by atoms with Crippen molar-refractivity contribution in [2.45, 2.75) is 17.2 Å². The lowest BCUT2D eigenvalue weighted by Crippen LogP contribution is -2.17. The number of halogens is 2. The van der Waals surface area contributed by atoms with Crippen LogP contribution < -0.4 is 5.32 Å². The third-order valence-electron chi connectivity index (χ3n) is 2.93. The van der Waals surface area contributed by atoms with Crippen LogP contribution in [0, 0.1) is 5.92 Å². The molecular formula is C11H10Cl2N6O. The molecule has 20 heavy (non-hydrogen) atoms. The van der Waals surface area contributed by atoms with Gasteiger partial charge in [-0.15, -0.1) is 23.2 Å². The Hall–Kier alpha value is -1.73. The van der Waals surface area contributed by atoms with Gasteiger partial charge in [0.15, 0.2) is 0 Å². The van der Waals surface area contributed by atoms with Gasteiger partial charge < -0.3 is 0 Å². The molecule has 104 valence electrons. The van der Waals surface area contributed by atoms with E-state index in [4.69, 9.17) is 23.2 Å². The first-order valence-corrected chi connectivity index (χ1v) is 6.67. The molecule has 1 fully saturated rings. The number of anilines is 1. The highest BCUT2D eigenvalue weighted by atomic mass is 35.5. The Bertz CT molecular complexity index is 629. The van der Waals surface area contributed by atoms with E-state index in [1.807, 2.05) is 0 Å². The summed E-state index contributed by atoms with van der Waals surface area (Å²) in [6.07, 6.45) is 5.34. The van der Waals surface area contributed by atoms with Gasteiger partial charge in [0.25, 0.3) is 5.95 Å². The Balaban J connectivity index is 1.70. The molecular weight excluding hydrogens is 303 g/mol. The maximum atomic E-state index is 11.9. The van der Waals surface area contributed by atoms with Gasteiger partial charge >= 0.3 is 0 Å². The number of alkyl halides is 2. The van der Waals surface area contributed by atoms with E-state index in [1.54, 1.807) is 18.5 Å². The van der Waals surface area contributed by atoms with E-state index in [0.717, 1.165) is 0 Å². The summed E-state index contributed by atoms with van der Waals surface area (Å²) in [5.74, 6) is 0.353. The number of rotatable bonds is 4. The fraction of sp³-hybridized carbons (Fsp3) is 0.364. The molecule has 2 heterocycles. The van der Waals surface area contributed by atoms with Crippen LogP contribution in [0.5, 0.6) is 0 Å². The number of nitrogens with one attached hydrogen (secondary N) is 1. The Kier molecular flexibility index (Phi) is 3.31. The highest BCUT2D eigenvalue weighted by Crippen LogP contribution is 2.54. The molecule has 2 aromatic heterocycles. The van der Waals surface area contributed by atoms with Crippen molar-refractivity contribution in [1.29, 1.82) is 0 Å². The topological polar surface area (TPSA) is 85.6 Å². The fourth-order valence-corrected chi connectivity index (χ4v) is 2.29. The van der Waals surface area contributed by atoms with Crippen molar-refractivity contribution < 1.29 is 4.79 Å². The third-order valence-corrected chi connectivity index (χ3v) is 3.85.